The Bertz CT molecular complexity index is 703. The first-order chi connectivity index (χ1) is 11.8. The van der Waals surface area contributed by atoms with Crippen LogP contribution in [0.5, 0.6) is 5.75 Å². The van der Waals surface area contributed by atoms with Crippen molar-refractivity contribution in [3.05, 3.63) is 59.4 Å². The Balaban J connectivity index is 1.59. The molecule has 0 fully saturated rings. The zero-order chi connectivity index (χ0) is 16.8. The van der Waals surface area contributed by atoms with Crippen molar-refractivity contribution in [2.75, 3.05) is 20.3 Å². The molecular formula is C19H22N2O3. The lowest BCUT2D eigenvalue weighted by Crippen LogP contribution is -2.31. The minimum Gasteiger partial charge on any atom is -0.493 e. The highest BCUT2D eigenvalue weighted by Gasteiger charge is 2.18. The van der Waals surface area contributed by atoms with Crippen LogP contribution in [0.15, 0.2) is 42.5 Å². The number of nitrogens with zero attached hydrogens (tertiary/aromatic N) is 1. The predicted molar refractivity (Wildman–Crippen MR) is 91.0 cm³/mol. The van der Waals surface area contributed by atoms with Crippen molar-refractivity contribution in [2.24, 2.45) is 5.92 Å². The maximum Gasteiger partial charge on any atom is 0.269 e. The van der Waals surface area contributed by atoms with Gasteiger partial charge >= 0.3 is 0 Å². The van der Waals surface area contributed by atoms with Crippen molar-refractivity contribution < 1.29 is 14.3 Å². The van der Waals surface area contributed by atoms with Crippen LogP contribution in [0.4, 0.5) is 0 Å². The summed E-state index contributed by atoms with van der Waals surface area (Å²) in [6, 6.07) is 13.5. The summed E-state index contributed by atoms with van der Waals surface area (Å²) < 4.78 is 10.8. The van der Waals surface area contributed by atoms with E-state index >= 15 is 0 Å². The number of aromatic nitrogens is 1. The molecule has 0 aliphatic carbocycles. The van der Waals surface area contributed by atoms with Crippen LogP contribution in [0.2, 0.25) is 0 Å². The highest BCUT2D eigenvalue weighted by atomic mass is 16.5. The summed E-state index contributed by atoms with van der Waals surface area (Å²) in [7, 11) is 1.61. The third-order valence-electron chi connectivity index (χ3n) is 4.15. The van der Waals surface area contributed by atoms with Gasteiger partial charge in [-0.1, -0.05) is 24.3 Å². The van der Waals surface area contributed by atoms with E-state index in [9.17, 15) is 4.79 Å². The lowest BCUT2D eigenvalue weighted by atomic mass is 9.97. The van der Waals surface area contributed by atoms with E-state index in [-0.39, 0.29) is 5.91 Å². The summed E-state index contributed by atoms with van der Waals surface area (Å²) >= 11 is 0. The number of nitrogens with one attached hydrogen (secondary N) is 1. The summed E-state index contributed by atoms with van der Waals surface area (Å²) in [5.74, 6) is 1.17. The number of ether oxygens (including phenoxy) is 2. The second kappa shape index (κ2) is 7.93. The number of methoxy groups -OCH3 is 1. The van der Waals surface area contributed by atoms with Gasteiger partial charge in [-0.05, 0) is 42.5 Å². The number of carbonyl (C=O) groups is 1. The maximum absolute atomic E-state index is 12.3. The number of hydrogen-bond donors (Lipinski definition) is 1. The zero-order valence-corrected chi connectivity index (χ0v) is 13.8. The molecule has 1 aliphatic heterocycles. The van der Waals surface area contributed by atoms with Gasteiger partial charge in [-0.2, -0.15) is 0 Å². The Morgan fingerprint density at radius 2 is 2.17 bits per heavy atom. The normalized spacial score (nSPS) is 16.6. The molecule has 3 rings (SSSR count). The van der Waals surface area contributed by atoms with Gasteiger partial charge in [-0.25, -0.2) is 4.98 Å². The van der Waals surface area contributed by atoms with Gasteiger partial charge in [0.1, 0.15) is 11.4 Å². The van der Waals surface area contributed by atoms with Gasteiger partial charge in [0.05, 0.1) is 18.9 Å². The SMILES string of the molecule is COCc1cccc(C(=O)NC[C@H]2CCOc3ccccc3C2)n1. The fourth-order valence-electron chi connectivity index (χ4n) is 2.90. The minimum absolute atomic E-state index is 0.147. The number of benzene rings is 1. The average Bonchev–Trinajstić information content (AvgIpc) is 2.82. The smallest absolute Gasteiger partial charge is 0.269 e. The molecule has 1 amide bonds. The van der Waals surface area contributed by atoms with Crippen molar-refractivity contribution in [2.45, 2.75) is 19.4 Å². The van der Waals surface area contributed by atoms with Crippen molar-refractivity contribution in [3.63, 3.8) is 0 Å². The van der Waals surface area contributed by atoms with E-state index in [2.05, 4.69) is 16.4 Å². The Kier molecular flexibility index (Phi) is 5.43. The zero-order valence-electron chi connectivity index (χ0n) is 13.8. The summed E-state index contributed by atoms with van der Waals surface area (Å²) in [6.45, 7) is 1.70. The van der Waals surface area contributed by atoms with Crippen molar-refractivity contribution >= 4 is 5.91 Å². The summed E-state index contributed by atoms with van der Waals surface area (Å²) in [5.41, 5.74) is 2.38. The van der Waals surface area contributed by atoms with E-state index in [0.717, 1.165) is 24.3 Å². The fourth-order valence-corrected chi connectivity index (χ4v) is 2.90. The van der Waals surface area contributed by atoms with Crippen LogP contribution in [0.1, 0.15) is 28.2 Å². The molecule has 0 unspecified atom stereocenters. The lowest BCUT2D eigenvalue weighted by Gasteiger charge is -2.14. The van der Waals surface area contributed by atoms with Crippen molar-refractivity contribution in [1.82, 2.24) is 10.3 Å². The summed E-state index contributed by atoms with van der Waals surface area (Å²) in [6.07, 6.45) is 1.83. The largest absolute Gasteiger partial charge is 0.493 e. The number of hydrogen-bond acceptors (Lipinski definition) is 4. The van der Waals surface area contributed by atoms with Crippen LogP contribution in [0, 0.1) is 5.92 Å². The Labute approximate surface area is 142 Å². The summed E-state index contributed by atoms with van der Waals surface area (Å²) in [5, 5.41) is 3.00. The molecule has 5 heteroatoms. The standard InChI is InChI=1S/C19H22N2O3/c1-23-13-16-6-4-7-17(21-16)19(22)20-12-14-9-10-24-18-8-3-2-5-15(18)11-14/h2-8,14H,9-13H2,1H3,(H,20,22)/t14-/m0/s1. The van der Waals surface area contributed by atoms with Gasteiger partial charge in [-0.3, -0.25) is 4.79 Å². The molecule has 0 radical (unpaired) electrons. The first kappa shape index (κ1) is 16.5. The third kappa shape index (κ3) is 4.11. The van der Waals surface area contributed by atoms with Crippen molar-refractivity contribution in [1.29, 1.82) is 0 Å². The molecule has 126 valence electrons. The first-order valence-electron chi connectivity index (χ1n) is 8.20. The van der Waals surface area contributed by atoms with Gasteiger partial charge in [0.15, 0.2) is 0 Å². The highest BCUT2D eigenvalue weighted by Crippen LogP contribution is 2.26. The van der Waals surface area contributed by atoms with Gasteiger partial charge in [0, 0.05) is 13.7 Å². The van der Waals surface area contributed by atoms with Crippen molar-refractivity contribution in [3.8, 4) is 5.75 Å². The van der Waals surface area contributed by atoms with Crippen LogP contribution in [-0.2, 0) is 17.8 Å². The molecule has 1 atom stereocenters. The molecule has 0 bridgehead atoms. The number of carbonyl (C=O) groups excluding carboxylic acids is 1. The molecule has 0 spiro atoms. The Hall–Kier alpha value is -2.40. The van der Waals surface area contributed by atoms with E-state index in [1.807, 2.05) is 30.3 Å². The second-order valence-corrected chi connectivity index (χ2v) is 5.97. The van der Waals surface area contributed by atoms with E-state index in [1.54, 1.807) is 13.2 Å². The fraction of sp³-hybridized carbons (Fsp3) is 0.368. The van der Waals surface area contributed by atoms with Crippen LogP contribution in [0.25, 0.3) is 0 Å². The van der Waals surface area contributed by atoms with Crippen LogP contribution in [-0.4, -0.2) is 31.2 Å². The molecule has 24 heavy (non-hydrogen) atoms. The number of fused-ring (bicyclic) bond motifs is 1. The molecule has 0 saturated heterocycles. The van der Waals surface area contributed by atoms with E-state index in [4.69, 9.17) is 9.47 Å². The van der Waals surface area contributed by atoms with E-state index in [0.29, 0.717) is 31.4 Å². The van der Waals surface area contributed by atoms with Crippen LogP contribution >= 0.6 is 0 Å². The van der Waals surface area contributed by atoms with Gasteiger partial charge in [0.25, 0.3) is 5.91 Å². The minimum atomic E-state index is -0.147. The number of rotatable bonds is 5. The predicted octanol–water partition coefficient (Wildman–Crippen LogP) is 2.60. The number of amides is 1. The van der Waals surface area contributed by atoms with Gasteiger partial charge in [-0.15, -0.1) is 0 Å². The van der Waals surface area contributed by atoms with E-state index in [1.165, 1.54) is 5.56 Å². The molecular weight excluding hydrogens is 304 g/mol. The number of para-hydroxylation sites is 1. The first-order valence-corrected chi connectivity index (χ1v) is 8.20. The monoisotopic (exact) mass is 326 g/mol. The highest BCUT2D eigenvalue weighted by molar-refractivity contribution is 5.92. The maximum atomic E-state index is 12.3. The quantitative estimate of drug-likeness (QED) is 0.917. The van der Waals surface area contributed by atoms with E-state index < -0.39 is 0 Å². The average molecular weight is 326 g/mol. The molecule has 0 saturated carbocycles. The van der Waals surface area contributed by atoms with Gasteiger partial charge < -0.3 is 14.8 Å². The Morgan fingerprint density at radius 3 is 3.04 bits per heavy atom. The topological polar surface area (TPSA) is 60.5 Å². The Morgan fingerprint density at radius 1 is 1.29 bits per heavy atom. The molecule has 2 aromatic rings. The van der Waals surface area contributed by atoms with Crippen LogP contribution in [0.3, 0.4) is 0 Å². The molecule has 1 aromatic heterocycles. The molecule has 1 aromatic carbocycles. The van der Waals surface area contributed by atoms with Gasteiger partial charge in [0.2, 0.25) is 0 Å². The molecule has 1 aliphatic rings. The molecule has 1 N–H and O–H groups in total. The molecule has 5 nitrogen and oxygen atoms in total. The second-order valence-electron chi connectivity index (χ2n) is 5.97. The third-order valence-corrected chi connectivity index (χ3v) is 4.15. The lowest BCUT2D eigenvalue weighted by molar-refractivity contribution is 0.0939. The molecule has 2 heterocycles. The number of pyridine rings is 1. The van der Waals surface area contributed by atoms with Crippen LogP contribution < -0.4 is 10.1 Å². The summed E-state index contributed by atoms with van der Waals surface area (Å²) in [4.78, 5) is 16.6.